The average molecular weight is 350 g/mol. The topological polar surface area (TPSA) is 66.9 Å². The summed E-state index contributed by atoms with van der Waals surface area (Å²) >= 11 is 0. The van der Waals surface area contributed by atoms with Crippen LogP contribution in [0.2, 0.25) is 0 Å². The van der Waals surface area contributed by atoms with Crippen LogP contribution in [0.15, 0.2) is 67.3 Å². The van der Waals surface area contributed by atoms with E-state index in [1.807, 2.05) is 12.1 Å². The van der Waals surface area contributed by atoms with Crippen molar-refractivity contribution in [2.24, 2.45) is 0 Å². The number of halogens is 1. The van der Waals surface area contributed by atoms with Crippen LogP contribution in [-0.2, 0) is 13.0 Å². The molecule has 0 atom stereocenters. The molecule has 0 aliphatic rings. The fraction of sp³-hybridized carbons (Fsp3) is 0.150. The highest BCUT2D eigenvalue weighted by Crippen LogP contribution is 2.10. The average Bonchev–Trinajstić information content (AvgIpc) is 2.69. The molecule has 0 aliphatic heterocycles. The molecule has 0 saturated carbocycles. The number of aromatic nitrogens is 2. The molecule has 6 heteroatoms. The highest BCUT2D eigenvalue weighted by molar-refractivity contribution is 5.94. The molecule has 0 bridgehead atoms. The molecule has 2 N–H and O–H groups in total. The van der Waals surface area contributed by atoms with Crippen LogP contribution in [0, 0.1) is 5.82 Å². The van der Waals surface area contributed by atoms with Crippen molar-refractivity contribution in [1.29, 1.82) is 0 Å². The second-order valence-corrected chi connectivity index (χ2v) is 5.80. The summed E-state index contributed by atoms with van der Waals surface area (Å²) in [5.74, 6) is -0.423. The van der Waals surface area contributed by atoms with Crippen LogP contribution in [0.3, 0.4) is 0 Å². The van der Waals surface area contributed by atoms with Crippen molar-refractivity contribution in [3.05, 3.63) is 89.8 Å². The summed E-state index contributed by atoms with van der Waals surface area (Å²) in [5, 5.41) is 6.09. The Morgan fingerprint density at radius 2 is 1.73 bits per heavy atom. The number of anilines is 1. The first kappa shape index (κ1) is 17.5. The molecule has 0 fully saturated rings. The van der Waals surface area contributed by atoms with Gasteiger partial charge in [0.25, 0.3) is 5.91 Å². The van der Waals surface area contributed by atoms with Crippen LogP contribution >= 0.6 is 0 Å². The number of hydrogen-bond donors (Lipinski definition) is 2. The van der Waals surface area contributed by atoms with E-state index in [1.165, 1.54) is 18.3 Å². The third kappa shape index (κ3) is 5.11. The zero-order chi connectivity index (χ0) is 18.2. The van der Waals surface area contributed by atoms with E-state index < -0.39 is 0 Å². The third-order valence-electron chi connectivity index (χ3n) is 3.86. The zero-order valence-corrected chi connectivity index (χ0v) is 14.2. The molecule has 26 heavy (non-hydrogen) atoms. The van der Waals surface area contributed by atoms with E-state index in [-0.39, 0.29) is 11.7 Å². The lowest BCUT2D eigenvalue weighted by atomic mass is 10.1. The summed E-state index contributed by atoms with van der Waals surface area (Å²) < 4.78 is 12.9. The van der Waals surface area contributed by atoms with Crippen LogP contribution in [0.1, 0.15) is 21.5 Å². The summed E-state index contributed by atoms with van der Waals surface area (Å²) in [5.41, 5.74) is 3.28. The molecular weight excluding hydrogens is 331 g/mol. The van der Waals surface area contributed by atoms with Gasteiger partial charge in [0.05, 0.1) is 11.3 Å². The summed E-state index contributed by atoms with van der Waals surface area (Å²) in [6.07, 6.45) is 7.33. The summed E-state index contributed by atoms with van der Waals surface area (Å²) in [6, 6.07) is 11.9. The number of nitrogens with zero attached hydrogens (tertiary/aromatic N) is 2. The minimum Gasteiger partial charge on any atom is -0.383 e. The molecular formula is C20H19FN4O. The normalized spacial score (nSPS) is 10.3. The van der Waals surface area contributed by atoms with Crippen LogP contribution in [0.25, 0.3) is 0 Å². The molecule has 3 rings (SSSR count). The van der Waals surface area contributed by atoms with Gasteiger partial charge in [0.1, 0.15) is 5.82 Å². The number of carbonyl (C=O) groups excluding carboxylic acids is 1. The Hall–Kier alpha value is -3.28. The minimum absolute atomic E-state index is 0.184. The molecule has 132 valence electrons. The summed E-state index contributed by atoms with van der Waals surface area (Å²) in [4.78, 5) is 20.3. The maximum Gasteiger partial charge on any atom is 0.253 e. The Kier molecular flexibility index (Phi) is 5.88. The molecule has 1 aromatic carbocycles. The van der Waals surface area contributed by atoms with Gasteiger partial charge >= 0.3 is 0 Å². The highest BCUT2D eigenvalue weighted by atomic mass is 19.1. The van der Waals surface area contributed by atoms with Crippen molar-refractivity contribution < 1.29 is 9.18 Å². The van der Waals surface area contributed by atoms with E-state index in [0.29, 0.717) is 18.7 Å². The predicted octanol–water partition coefficient (Wildman–Crippen LogP) is 3.20. The molecule has 5 nitrogen and oxygen atoms in total. The van der Waals surface area contributed by atoms with Crippen molar-refractivity contribution in [2.45, 2.75) is 13.0 Å². The van der Waals surface area contributed by atoms with E-state index in [1.54, 1.807) is 36.8 Å². The second-order valence-electron chi connectivity index (χ2n) is 5.80. The second kappa shape index (κ2) is 8.71. The van der Waals surface area contributed by atoms with Gasteiger partial charge in [-0.05, 0) is 47.9 Å². The standard InChI is InChI=1S/C20H19FN4O/c21-18-3-1-15(2-4-18)7-10-24-19-11-17(13-23-14-19)20(26)25-12-16-5-8-22-9-6-16/h1-6,8-9,11,13-14,24H,7,10,12H2,(H,25,26). The molecule has 1 amide bonds. The first-order valence-electron chi connectivity index (χ1n) is 8.31. The van der Waals surface area contributed by atoms with Crippen LogP contribution in [0.5, 0.6) is 0 Å². The fourth-order valence-corrected chi connectivity index (χ4v) is 2.45. The Bertz CT molecular complexity index is 853. The molecule has 0 aliphatic carbocycles. The van der Waals surface area contributed by atoms with Gasteiger partial charge in [-0.25, -0.2) is 4.39 Å². The van der Waals surface area contributed by atoms with Crippen molar-refractivity contribution >= 4 is 11.6 Å². The molecule has 0 radical (unpaired) electrons. The minimum atomic E-state index is -0.239. The van der Waals surface area contributed by atoms with E-state index in [9.17, 15) is 9.18 Å². The Morgan fingerprint density at radius 1 is 0.962 bits per heavy atom. The lowest BCUT2D eigenvalue weighted by Gasteiger charge is -2.09. The fourth-order valence-electron chi connectivity index (χ4n) is 2.45. The number of benzene rings is 1. The van der Waals surface area contributed by atoms with E-state index in [0.717, 1.165) is 23.2 Å². The van der Waals surface area contributed by atoms with Crippen molar-refractivity contribution in [3.8, 4) is 0 Å². The van der Waals surface area contributed by atoms with E-state index >= 15 is 0 Å². The predicted molar refractivity (Wildman–Crippen MR) is 98.2 cm³/mol. The first-order valence-corrected chi connectivity index (χ1v) is 8.31. The van der Waals surface area contributed by atoms with Crippen LogP contribution in [0.4, 0.5) is 10.1 Å². The number of hydrogen-bond acceptors (Lipinski definition) is 4. The molecule has 0 spiro atoms. The summed E-state index contributed by atoms with van der Waals surface area (Å²) in [7, 11) is 0. The maximum atomic E-state index is 12.9. The van der Waals surface area contributed by atoms with Gasteiger partial charge in [-0.1, -0.05) is 12.1 Å². The van der Waals surface area contributed by atoms with Gasteiger partial charge in [0.2, 0.25) is 0 Å². The van der Waals surface area contributed by atoms with E-state index in [2.05, 4.69) is 20.6 Å². The first-order chi connectivity index (χ1) is 12.7. The zero-order valence-electron chi connectivity index (χ0n) is 14.2. The highest BCUT2D eigenvalue weighted by Gasteiger charge is 2.07. The van der Waals surface area contributed by atoms with Gasteiger partial charge in [-0.2, -0.15) is 0 Å². The number of amides is 1. The molecule has 0 unspecified atom stereocenters. The lowest BCUT2D eigenvalue weighted by molar-refractivity contribution is 0.0950. The van der Waals surface area contributed by atoms with Gasteiger partial charge < -0.3 is 10.6 Å². The maximum absolute atomic E-state index is 12.9. The Morgan fingerprint density at radius 3 is 2.50 bits per heavy atom. The van der Waals surface area contributed by atoms with Crippen molar-refractivity contribution in [1.82, 2.24) is 15.3 Å². The Labute approximate surface area is 151 Å². The van der Waals surface area contributed by atoms with Gasteiger partial charge in [-0.3, -0.25) is 14.8 Å². The quantitative estimate of drug-likeness (QED) is 0.687. The van der Waals surface area contributed by atoms with Gasteiger partial charge in [-0.15, -0.1) is 0 Å². The van der Waals surface area contributed by atoms with Crippen molar-refractivity contribution in [2.75, 3.05) is 11.9 Å². The van der Waals surface area contributed by atoms with Crippen molar-refractivity contribution in [3.63, 3.8) is 0 Å². The largest absolute Gasteiger partial charge is 0.383 e. The number of pyridine rings is 2. The molecule has 2 aromatic heterocycles. The number of nitrogens with one attached hydrogen (secondary N) is 2. The monoisotopic (exact) mass is 350 g/mol. The SMILES string of the molecule is O=C(NCc1ccncc1)c1cncc(NCCc2ccc(F)cc2)c1. The Balaban J connectivity index is 1.52. The number of carbonyl (C=O) groups is 1. The van der Waals surface area contributed by atoms with Gasteiger partial charge in [0.15, 0.2) is 0 Å². The van der Waals surface area contributed by atoms with Crippen LogP contribution < -0.4 is 10.6 Å². The smallest absolute Gasteiger partial charge is 0.253 e. The van der Waals surface area contributed by atoms with Crippen LogP contribution in [-0.4, -0.2) is 22.4 Å². The molecule has 2 heterocycles. The van der Waals surface area contributed by atoms with E-state index in [4.69, 9.17) is 0 Å². The third-order valence-corrected chi connectivity index (χ3v) is 3.86. The molecule has 0 saturated heterocycles. The van der Waals surface area contributed by atoms with Gasteiger partial charge in [0, 0.05) is 37.9 Å². The summed E-state index contributed by atoms with van der Waals surface area (Å²) in [6.45, 7) is 1.10. The number of rotatable bonds is 7. The lowest BCUT2D eigenvalue weighted by Crippen LogP contribution is -2.23. The molecule has 3 aromatic rings.